The van der Waals surface area contributed by atoms with Crippen molar-refractivity contribution in [3.63, 3.8) is 0 Å². The number of aryl methyl sites for hydroxylation is 1. The van der Waals surface area contributed by atoms with Crippen molar-refractivity contribution in [1.29, 1.82) is 0 Å². The van der Waals surface area contributed by atoms with E-state index in [4.69, 9.17) is 0 Å². The van der Waals surface area contributed by atoms with Crippen LogP contribution in [0.1, 0.15) is 39.7 Å². The van der Waals surface area contributed by atoms with Crippen LogP contribution in [-0.2, 0) is 6.42 Å². The molecule has 0 saturated heterocycles. The van der Waals surface area contributed by atoms with E-state index in [1.54, 1.807) is 11.3 Å². The van der Waals surface area contributed by atoms with Crippen molar-refractivity contribution in [2.45, 2.75) is 25.3 Å². The van der Waals surface area contributed by atoms with E-state index in [-0.39, 0.29) is 11.9 Å². The predicted molar refractivity (Wildman–Crippen MR) is 83.5 cm³/mol. The van der Waals surface area contributed by atoms with Gasteiger partial charge in [-0.05, 0) is 60.5 Å². The van der Waals surface area contributed by atoms with Gasteiger partial charge in [0.2, 0.25) is 0 Å². The number of carbonyl (C=O) groups excluding carboxylic acids is 1. The summed E-state index contributed by atoms with van der Waals surface area (Å²) in [5.74, 6) is 0.0108. The molecule has 104 valence electrons. The maximum absolute atomic E-state index is 12.3. The number of thiophene rings is 1. The van der Waals surface area contributed by atoms with Crippen molar-refractivity contribution in [2.75, 3.05) is 12.4 Å². The summed E-state index contributed by atoms with van der Waals surface area (Å²) in [6.45, 7) is 0. The molecule has 20 heavy (non-hydrogen) atoms. The number of nitrogens with one attached hydrogen (secondary N) is 2. The molecule has 1 aromatic heterocycles. The molecule has 0 radical (unpaired) electrons. The maximum atomic E-state index is 12.3. The van der Waals surface area contributed by atoms with Gasteiger partial charge in [-0.1, -0.05) is 0 Å². The molecule has 0 fully saturated rings. The highest BCUT2D eigenvalue weighted by atomic mass is 32.1. The highest BCUT2D eigenvalue weighted by Crippen LogP contribution is 2.33. The monoisotopic (exact) mass is 286 g/mol. The molecular weight excluding hydrogens is 268 g/mol. The lowest BCUT2D eigenvalue weighted by molar-refractivity contribution is 0.0933. The highest BCUT2D eigenvalue weighted by Gasteiger charge is 2.22. The lowest BCUT2D eigenvalue weighted by atomic mass is 9.94. The number of anilines is 1. The summed E-state index contributed by atoms with van der Waals surface area (Å²) in [5.41, 5.74) is 3.03. The zero-order valence-electron chi connectivity index (χ0n) is 11.5. The van der Waals surface area contributed by atoms with E-state index in [0.29, 0.717) is 5.56 Å². The fraction of sp³-hybridized carbons (Fsp3) is 0.312. The number of benzene rings is 1. The maximum Gasteiger partial charge on any atom is 0.251 e. The van der Waals surface area contributed by atoms with Crippen molar-refractivity contribution in [3.05, 3.63) is 51.7 Å². The molecule has 1 unspecified atom stereocenters. The molecular formula is C16H18N2OS. The van der Waals surface area contributed by atoms with Gasteiger partial charge in [0, 0.05) is 23.2 Å². The minimum atomic E-state index is 0.0108. The van der Waals surface area contributed by atoms with E-state index in [1.165, 1.54) is 10.4 Å². The van der Waals surface area contributed by atoms with Crippen molar-refractivity contribution in [2.24, 2.45) is 0 Å². The van der Waals surface area contributed by atoms with Crippen LogP contribution >= 0.6 is 11.3 Å². The average Bonchev–Trinajstić information content (AvgIpc) is 2.97. The van der Waals surface area contributed by atoms with Crippen LogP contribution in [0.3, 0.4) is 0 Å². The third-order valence-corrected chi connectivity index (χ3v) is 4.79. The normalized spacial score (nSPS) is 17.4. The summed E-state index contributed by atoms with van der Waals surface area (Å²) < 4.78 is 0. The van der Waals surface area contributed by atoms with Crippen LogP contribution in [0.2, 0.25) is 0 Å². The van der Waals surface area contributed by atoms with Crippen molar-refractivity contribution in [3.8, 4) is 0 Å². The molecule has 3 nitrogen and oxygen atoms in total. The number of amides is 1. The molecule has 0 bridgehead atoms. The zero-order valence-corrected chi connectivity index (χ0v) is 12.3. The van der Waals surface area contributed by atoms with Crippen LogP contribution in [0, 0.1) is 0 Å². The molecule has 2 aromatic rings. The fourth-order valence-electron chi connectivity index (χ4n) is 2.67. The first-order valence-electron chi connectivity index (χ1n) is 6.93. The largest absolute Gasteiger partial charge is 0.388 e. The summed E-state index contributed by atoms with van der Waals surface area (Å²) >= 11 is 1.80. The first kappa shape index (κ1) is 13.2. The van der Waals surface area contributed by atoms with Gasteiger partial charge in [0.15, 0.2) is 0 Å². The van der Waals surface area contributed by atoms with E-state index in [0.717, 1.165) is 24.9 Å². The minimum Gasteiger partial charge on any atom is -0.388 e. The van der Waals surface area contributed by atoms with Crippen LogP contribution in [-0.4, -0.2) is 13.0 Å². The first-order chi connectivity index (χ1) is 9.78. The molecule has 3 rings (SSSR count). The first-order valence-corrected chi connectivity index (χ1v) is 7.81. The van der Waals surface area contributed by atoms with Crippen LogP contribution in [0.5, 0.6) is 0 Å². The van der Waals surface area contributed by atoms with Gasteiger partial charge in [-0.2, -0.15) is 0 Å². The van der Waals surface area contributed by atoms with Crippen LogP contribution < -0.4 is 10.6 Å². The Morgan fingerprint density at radius 3 is 2.80 bits per heavy atom. The Kier molecular flexibility index (Phi) is 3.74. The molecule has 0 spiro atoms. The average molecular weight is 286 g/mol. The van der Waals surface area contributed by atoms with E-state index < -0.39 is 0 Å². The number of hydrogen-bond donors (Lipinski definition) is 2. The molecule has 4 heteroatoms. The quantitative estimate of drug-likeness (QED) is 0.905. The molecule has 1 aromatic carbocycles. The second-order valence-electron chi connectivity index (χ2n) is 5.04. The zero-order chi connectivity index (χ0) is 13.9. The molecule has 1 aliphatic carbocycles. The van der Waals surface area contributed by atoms with Crippen molar-refractivity contribution in [1.82, 2.24) is 5.32 Å². The van der Waals surface area contributed by atoms with Crippen molar-refractivity contribution < 1.29 is 4.79 Å². The topological polar surface area (TPSA) is 41.1 Å². The smallest absolute Gasteiger partial charge is 0.251 e. The van der Waals surface area contributed by atoms with Crippen LogP contribution in [0.25, 0.3) is 0 Å². The van der Waals surface area contributed by atoms with Gasteiger partial charge in [0.05, 0.1) is 6.04 Å². The van der Waals surface area contributed by atoms with Gasteiger partial charge in [-0.3, -0.25) is 4.79 Å². The lowest BCUT2D eigenvalue weighted by Gasteiger charge is -2.23. The van der Waals surface area contributed by atoms with Crippen molar-refractivity contribution >= 4 is 22.9 Å². The second kappa shape index (κ2) is 5.67. The van der Waals surface area contributed by atoms with E-state index in [9.17, 15) is 4.79 Å². The molecule has 0 saturated carbocycles. The number of carbonyl (C=O) groups is 1. The van der Waals surface area contributed by atoms with Gasteiger partial charge in [0.25, 0.3) is 5.91 Å². The second-order valence-corrected chi connectivity index (χ2v) is 6.05. The van der Waals surface area contributed by atoms with E-state index >= 15 is 0 Å². The Hall–Kier alpha value is -1.81. The number of rotatable bonds is 3. The molecule has 2 N–H and O–H groups in total. The Balaban J connectivity index is 1.73. The summed E-state index contributed by atoms with van der Waals surface area (Å²) in [7, 11) is 1.87. The van der Waals surface area contributed by atoms with Crippen LogP contribution in [0.4, 0.5) is 5.69 Å². The summed E-state index contributed by atoms with van der Waals surface area (Å²) in [4.78, 5) is 13.7. The number of fused-ring (bicyclic) bond motifs is 1. The number of hydrogen-bond acceptors (Lipinski definition) is 3. The molecule has 1 amide bonds. The van der Waals surface area contributed by atoms with E-state index in [2.05, 4.69) is 22.1 Å². The standard InChI is InChI=1S/C16H18N2OS/c1-17-12-7-5-11(6-8-12)16(19)18-14-3-2-4-15-13(14)9-10-20-15/h5-10,14,17H,2-4H2,1H3,(H,18,19). The van der Waals surface area contributed by atoms with Gasteiger partial charge < -0.3 is 10.6 Å². The van der Waals surface area contributed by atoms with Gasteiger partial charge in [0.1, 0.15) is 0 Å². The Bertz CT molecular complexity index is 603. The van der Waals surface area contributed by atoms with Gasteiger partial charge >= 0.3 is 0 Å². The SMILES string of the molecule is CNc1ccc(C(=O)NC2CCCc3sccc32)cc1. The van der Waals surface area contributed by atoms with Gasteiger partial charge in [-0.25, -0.2) is 0 Å². The highest BCUT2D eigenvalue weighted by molar-refractivity contribution is 7.10. The summed E-state index contributed by atoms with van der Waals surface area (Å²) in [5, 5.41) is 8.34. The van der Waals surface area contributed by atoms with Gasteiger partial charge in [-0.15, -0.1) is 11.3 Å². The third kappa shape index (κ3) is 2.56. The summed E-state index contributed by atoms with van der Waals surface area (Å²) in [6.07, 6.45) is 3.33. The fourth-order valence-corrected chi connectivity index (χ4v) is 3.65. The molecule has 1 atom stereocenters. The molecule has 0 aliphatic heterocycles. The molecule has 1 heterocycles. The predicted octanol–water partition coefficient (Wildman–Crippen LogP) is 3.60. The third-order valence-electron chi connectivity index (χ3n) is 3.79. The minimum absolute atomic E-state index is 0.0108. The van der Waals surface area contributed by atoms with E-state index in [1.807, 2.05) is 31.3 Å². The lowest BCUT2D eigenvalue weighted by Crippen LogP contribution is -2.30. The Morgan fingerprint density at radius 1 is 1.25 bits per heavy atom. The summed E-state index contributed by atoms with van der Waals surface area (Å²) in [6, 6.07) is 9.88. The molecule has 1 aliphatic rings. The Labute approximate surface area is 123 Å². The Morgan fingerprint density at radius 2 is 2.05 bits per heavy atom. The van der Waals surface area contributed by atoms with Crippen LogP contribution in [0.15, 0.2) is 35.7 Å².